The van der Waals surface area contributed by atoms with Crippen molar-refractivity contribution in [3.05, 3.63) is 42.2 Å². The fourth-order valence-electron chi connectivity index (χ4n) is 2.13. The zero-order chi connectivity index (χ0) is 13.2. The average molecular weight is 246 g/mol. The molecule has 0 bridgehead atoms. The van der Waals surface area contributed by atoms with Gasteiger partial charge in [0.1, 0.15) is 0 Å². The van der Waals surface area contributed by atoms with Gasteiger partial charge >= 0.3 is 0 Å². The summed E-state index contributed by atoms with van der Waals surface area (Å²) in [5.41, 5.74) is 2.39. The molecular formula is C16H26N2. The summed E-state index contributed by atoms with van der Waals surface area (Å²) in [6, 6.07) is 4.74. The molecule has 0 aliphatic heterocycles. The van der Waals surface area contributed by atoms with Crippen molar-refractivity contribution in [2.45, 2.75) is 52.0 Å². The van der Waals surface area contributed by atoms with Crippen molar-refractivity contribution >= 4 is 0 Å². The summed E-state index contributed by atoms with van der Waals surface area (Å²) < 4.78 is 0. The van der Waals surface area contributed by atoms with E-state index in [2.05, 4.69) is 35.9 Å². The van der Waals surface area contributed by atoms with Gasteiger partial charge in [-0.15, -0.1) is 6.58 Å². The Morgan fingerprint density at radius 3 is 2.78 bits per heavy atom. The molecule has 1 N–H and O–H groups in total. The van der Waals surface area contributed by atoms with E-state index in [4.69, 9.17) is 0 Å². The fraction of sp³-hybridized carbons (Fsp3) is 0.562. The molecule has 0 radical (unpaired) electrons. The standard InChI is InChI=1S/C16H26N2/c1-4-6-7-8-9-10-16(17-5-2)15-12-11-14(3)18-13-15/h4,11-13,16-17H,1,5-10H2,2-3H3. The normalized spacial score (nSPS) is 12.3. The molecule has 0 aromatic carbocycles. The third kappa shape index (κ3) is 5.46. The number of nitrogens with one attached hydrogen (secondary N) is 1. The molecule has 1 atom stereocenters. The first-order valence-corrected chi connectivity index (χ1v) is 7.04. The van der Waals surface area contributed by atoms with E-state index in [0.29, 0.717) is 6.04 Å². The quantitative estimate of drug-likeness (QED) is 0.522. The predicted molar refractivity (Wildman–Crippen MR) is 78.7 cm³/mol. The van der Waals surface area contributed by atoms with Crippen molar-refractivity contribution in [2.24, 2.45) is 0 Å². The van der Waals surface area contributed by atoms with Gasteiger partial charge in [-0.3, -0.25) is 4.98 Å². The highest BCUT2D eigenvalue weighted by Crippen LogP contribution is 2.19. The molecule has 1 rings (SSSR count). The summed E-state index contributed by atoms with van der Waals surface area (Å²) in [7, 11) is 0. The fourth-order valence-corrected chi connectivity index (χ4v) is 2.13. The summed E-state index contributed by atoms with van der Waals surface area (Å²) in [5, 5.41) is 3.55. The lowest BCUT2D eigenvalue weighted by Crippen LogP contribution is -2.21. The van der Waals surface area contributed by atoms with Crippen molar-refractivity contribution in [3.8, 4) is 0 Å². The second-order valence-electron chi connectivity index (χ2n) is 4.77. The minimum Gasteiger partial charge on any atom is -0.310 e. The molecule has 1 heterocycles. The second kappa shape index (κ2) is 8.87. The molecule has 1 unspecified atom stereocenters. The van der Waals surface area contributed by atoms with Gasteiger partial charge < -0.3 is 5.32 Å². The third-order valence-corrected chi connectivity index (χ3v) is 3.19. The van der Waals surface area contributed by atoms with Crippen molar-refractivity contribution in [2.75, 3.05) is 6.54 Å². The number of rotatable bonds is 9. The van der Waals surface area contributed by atoms with Gasteiger partial charge in [-0.05, 0) is 44.4 Å². The Balaban J connectivity index is 2.43. The Bertz CT molecular complexity index is 329. The maximum absolute atomic E-state index is 4.39. The average Bonchev–Trinajstić information content (AvgIpc) is 2.38. The molecular weight excluding hydrogens is 220 g/mol. The molecule has 0 aliphatic carbocycles. The largest absolute Gasteiger partial charge is 0.310 e. The van der Waals surface area contributed by atoms with Crippen molar-refractivity contribution in [3.63, 3.8) is 0 Å². The highest BCUT2D eigenvalue weighted by Gasteiger charge is 2.09. The Morgan fingerprint density at radius 2 is 2.17 bits per heavy atom. The van der Waals surface area contributed by atoms with Gasteiger partial charge in [0, 0.05) is 17.9 Å². The number of pyridine rings is 1. The molecule has 0 aliphatic rings. The van der Waals surface area contributed by atoms with E-state index < -0.39 is 0 Å². The van der Waals surface area contributed by atoms with E-state index in [1.165, 1.54) is 31.2 Å². The van der Waals surface area contributed by atoms with E-state index in [0.717, 1.165) is 18.7 Å². The van der Waals surface area contributed by atoms with Crippen molar-refractivity contribution < 1.29 is 0 Å². The van der Waals surface area contributed by atoms with Crippen LogP contribution in [-0.2, 0) is 0 Å². The summed E-state index contributed by atoms with van der Waals surface area (Å²) in [6.45, 7) is 8.95. The summed E-state index contributed by atoms with van der Waals surface area (Å²) in [4.78, 5) is 4.39. The first-order valence-electron chi connectivity index (χ1n) is 7.04. The van der Waals surface area contributed by atoms with E-state index in [9.17, 15) is 0 Å². The van der Waals surface area contributed by atoms with Crippen LogP contribution >= 0.6 is 0 Å². The lowest BCUT2D eigenvalue weighted by molar-refractivity contribution is 0.482. The van der Waals surface area contributed by atoms with Crippen molar-refractivity contribution in [1.82, 2.24) is 10.3 Å². The molecule has 2 nitrogen and oxygen atoms in total. The molecule has 18 heavy (non-hydrogen) atoms. The van der Waals surface area contributed by atoms with E-state index in [1.54, 1.807) is 0 Å². The van der Waals surface area contributed by atoms with Crippen LogP contribution in [0.3, 0.4) is 0 Å². The van der Waals surface area contributed by atoms with Gasteiger partial charge in [-0.25, -0.2) is 0 Å². The van der Waals surface area contributed by atoms with Crippen LogP contribution in [0.2, 0.25) is 0 Å². The Kier molecular flexibility index (Phi) is 7.35. The van der Waals surface area contributed by atoms with Crippen LogP contribution in [0.4, 0.5) is 0 Å². The van der Waals surface area contributed by atoms with Gasteiger partial charge in [0.25, 0.3) is 0 Å². The lowest BCUT2D eigenvalue weighted by atomic mass is 10.0. The summed E-state index contributed by atoms with van der Waals surface area (Å²) >= 11 is 0. The van der Waals surface area contributed by atoms with Crippen LogP contribution in [0.15, 0.2) is 31.0 Å². The summed E-state index contributed by atoms with van der Waals surface area (Å²) in [6.07, 6.45) is 10.1. The van der Waals surface area contributed by atoms with Gasteiger partial charge in [-0.2, -0.15) is 0 Å². The monoisotopic (exact) mass is 246 g/mol. The molecule has 0 saturated heterocycles. The molecule has 0 spiro atoms. The van der Waals surface area contributed by atoms with Crippen LogP contribution in [0.1, 0.15) is 56.3 Å². The number of hydrogen-bond donors (Lipinski definition) is 1. The van der Waals surface area contributed by atoms with Crippen LogP contribution in [0, 0.1) is 6.92 Å². The number of aromatic nitrogens is 1. The molecule has 1 aromatic heterocycles. The predicted octanol–water partition coefficient (Wildman–Crippen LogP) is 4.18. The van der Waals surface area contributed by atoms with Crippen molar-refractivity contribution in [1.29, 1.82) is 0 Å². The number of nitrogens with zero attached hydrogens (tertiary/aromatic N) is 1. The maximum Gasteiger partial charge on any atom is 0.0372 e. The lowest BCUT2D eigenvalue weighted by Gasteiger charge is -2.18. The minimum absolute atomic E-state index is 0.451. The Hall–Kier alpha value is -1.15. The van der Waals surface area contributed by atoms with Crippen LogP contribution in [-0.4, -0.2) is 11.5 Å². The van der Waals surface area contributed by atoms with Crippen LogP contribution in [0.5, 0.6) is 0 Å². The number of unbranched alkanes of at least 4 members (excludes halogenated alkanes) is 3. The number of aryl methyl sites for hydroxylation is 1. The Labute approximate surface area is 112 Å². The zero-order valence-electron chi connectivity index (χ0n) is 11.8. The van der Waals surface area contributed by atoms with Gasteiger partial charge in [0.15, 0.2) is 0 Å². The topological polar surface area (TPSA) is 24.9 Å². The SMILES string of the molecule is C=CCCCCCC(NCC)c1ccc(C)nc1. The molecule has 2 heteroatoms. The molecule has 0 fully saturated rings. The van der Waals surface area contributed by atoms with Gasteiger partial charge in [-0.1, -0.05) is 31.9 Å². The molecule has 0 amide bonds. The highest BCUT2D eigenvalue weighted by molar-refractivity contribution is 5.17. The first kappa shape index (κ1) is 14.9. The highest BCUT2D eigenvalue weighted by atomic mass is 14.9. The van der Waals surface area contributed by atoms with E-state index in [-0.39, 0.29) is 0 Å². The Morgan fingerprint density at radius 1 is 1.33 bits per heavy atom. The van der Waals surface area contributed by atoms with Crippen LogP contribution in [0.25, 0.3) is 0 Å². The zero-order valence-corrected chi connectivity index (χ0v) is 11.8. The summed E-state index contributed by atoms with van der Waals surface area (Å²) in [5.74, 6) is 0. The maximum atomic E-state index is 4.39. The third-order valence-electron chi connectivity index (χ3n) is 3.19. The minimum atomic E-state index is 0.451. The smallest absolute Gasteiger partial charge is 0.0372 e. The number of hydrogen-bond acceptors (Lipinski definition) is 2. The number of allylic oxidation sites excluding steroid dienone is 1. The second-order valence-corrected chi connectivity index (χ2v) is 4.77. The van der Waals surface area contributed by atoms with Gasteiger partial charge in [0.05, 0.1) is 0 Å². The molecule has 1 aromatic rings. The van der Waals surface area contributed by atoms with E-state index in [1.807, 2.05) is 19.2 Å². The first-order chi connectivity index (χ1) is 8.77. The van der Waals surface area contributed by atoms with E-state index >= 15 is 0 Å². The molecule has 0 saturated carbocycles. The van der Waals surface area contributed by atoms with Crippen LogP contribution < -0.4 is 5.32 Å². The molecule has 100 valence electrons. The van der Waals surface area contributed by atoms with Gasteiger partial charge in [0.2, 0.25) is 0 Å².